The van der Waals surface area contributed by atoms with Crippen LogP contribution < -0.4 is 16.6 Å². The number of furan rings is 1. The molecule has 2 atom stereocenters. The topological polar surface area (TPSA) is 121 Å². The predicted octanol–water partition coefficient (Wildman–Crippen LogP) is 2.01. The van der Waals surface area contributed by atoms with Gasteiger partial charge in [0.05, 0.1) is 11.8 Å². The first-order valence-electron chi connectivity index (χ1n) is 8.95. The smallest absolute Gasteiger partial charge is 0.327 e. The van der Waals surface area contributed by atoms with Crippen LogP contribution in [0, 0.1) is 0 Å². The maximum Gasteiger partial charge on any atom is 0.327 e. The van der Waals surface area contributed by atoms with Crippen LogP contribution in [0.2, 0.25) is 0 Å². The molecule has 8 heteroatoms. The normalized spacial score (nSPS) is 21.1. The fourth-order valence-corrected chi connectivity index (χ4v) is 4.15. The number of aromatic amines is 2. The molecule has 0 aromatic carbocycles. The molecule has 0 saturated carbocycles. The van der Waals surface area contributed by atoms with Gasteiger partial charge in [0.15, 0.2) is 5.78 Å². The van der Waals surface area contributed by atoms with E-state index in [1.807, 2.05) is 12.1 Å². The number of H-pyrrole nitrogens is 2. The first-order chi connectivity index (χ1) is 13.6. The Morgan fingerprint density at radius 3 is 2.71 bits per heavy atom. The van der Waals surface area contributed by atoms with Crippen LogP contribution in [-0.4, -0.2) is 20.7 Å². The zero-order valence-electron chi connectivity index (χ0n) is 14.7. The molecule has 8 nitrogen and oxygen atoms in total. The SMILES string of the molecule is O=C1C[C@H](c2ccco2)CC2=C1[C@H](c1cccnc1)c1c([nH]c(=O)[nH]c1=O)N2. The highest BCUT2D eigenvalue weighted by atomic mass is 16.3. The Labute approximate surface area is 158 Å². The molecule has 5 rings (SSSR count). The van der Waals surface area contributed by atoms with Gasteiger partial charge in [-0.15, -0.1) is 0 Å². The van der Waals surface area contributed by atoms with Gasteiger partial charge >= 0.3 is 5.69 Å². The van der Waals surface area contributed by atoms with Crippen LogP contribution in [0.15, 0.2) is 68.2 Å². The summed E-state index contributed by atoms with van der Waals surface area (Å²) >= 11 is 0. The number of ketones is 1. The van der Waals surface area contributed by atoms with Crippen molar-refractivity contribution in [2.24, 2.45) is 0 Å². The molecule has 1 aliphatic heterocycles. The lowest BCUT2D eigenvalue weighted by Crippen LogP contribution is -2.37. The largest absolute Gasteiger partial charge is 0.469 e. The van der Waals surface area contributed by atoms with Crippen LogP contribution in [0.4, 0.5) is 5.82 Å². The lowest BCUT2D eigenvalue weighted by Gasteiger charge is -2.34. The van der Waals surface area contributed by atoms with E-state index in [2.05, 4.69) is 20.3 Å². The number of pyridine rings is 1. The third-order valence-electron chi connectivity index (χ3n) is 5.30. The van der Waals surface area contributed by atoms with Gasteiger partial charge in [-0.3, -0.25) is 24.5 Å². The van der Waals surface area contributed by atoms with Gasteiger partial charge in [-0.25, -0.2) is 4.79 Å². The molecule has 0 amide bonds. The van der Waals surface area contributed by atoms with E-state index in [0.717, 1.165) is 11.3 Å². The number of fused-ring (bicyclic) bond motifs is 1. The van der Waals surface area contributed by atoms with Gasteiger partial charge in [-0.2, -0.15) is 0 Å². The quantitative estimate of drug-likeness (QED) is 0.629. The lowest BCUT2D eigenvalue weighted by molar-refractivity contribution is -0.116. The van der Waals surface area contributed by atoms with Crippen LogP contribution in [0.1, 0.15) is 41.6 Å². The fourth-order valence-electron chi connectivity index (χ4n) is 4.15. The average molecular weight is 376 g/mol. The van der Waals surface area contributed by atoms with Crippen molar-refractivity contribution in [3.8, 4) is 0 Å². The second-order valence-corrected chi connectivity index (χ2v) is 6.98. The van der Waals surface area contributed by atoms with E-state index < -0.39 is 17.2 Å². The predicted molar refractivity (Wildman–Crippen MR) is 100 cm³/mol. The zero-order chi connectivity index (χ0) is 19.3. The Hall–Kier alpha value is -3.68. The molecule has 0 bridgehead atoms. The molecule has 2 aliphatic rings. The van der Waals surface area contributed by atoms with Crippen LogP contribution in [0.25, 0.3) is 0 Å². The van der Waals surface area contributed by atoms with Crippen molar-refractivity contribution in [3.63, 3.8) is 0 Å². The first kappa shape index (κ1) is 16.5. The number of anilines is 1. The number of nitrogens with one attached hydrogen (secondary N) is 3. The van der Waals surface area contributed by atoms with Gasteiger partial charge in [0, 0.05) is 41.9 Å². The Balaban J connectivity index is 1.71. The summed E-state index contributed by atoms with van der Waals surface area (Å²) in [6, 6.07) is 7.23. The molecule has 0 saturated heterocycles. The number of nitrogens with zero attached hydrogens (tertiary/aromatic N) is 1. The summed E-state index contributed by atoms with van der Waals surface area (Å²) in [5, 5.41) is 3.12. The molecule has 1 aliphatic carbocycles. The number of rotatable bonds is 2. The van der Waals surface area contributed by atoms with Crippen molar-refractivity contribution in [1.82, 2.24) is 15.0 Å². The maximum atomic E-state index is 13.2. The molecular weight excluding hydrogens is 360 g/mol. The number of aromatic nitrogens is 3. The number of carbonyl (C=O) groups excluding carboxylic acids is 1. The van der Waals surface area contributed by atoms with Crippen molar-refractivity contribution < 1.29 is 9.21 Å². The average Bonchev–Trinajstić information content (AvgIpc) is 3.21. The van der Waals surface area contributed by atoms with Gasteiger partial charge in [0.25, 0.3) is 5.56 Å². The summed E-state index contributed by atoms with van der Waals surface area (Å²) in [6.45, 7) is 0. The number of carbonyl (C=O) groups is 1. The summed E-state index contributed by atoms with van der Waals surface area (Å²) in [5.74, 6) is 0.309. The first-order valence-corrected chi connectivity index (χ1v) is 8.95. The second kappa shape index (κ2) is 6.19. The molecule has 0 spiro atoms. The zero-order valence-corrected chi connectivity index (χ0v) is 14.7. The van der Waals surface area contributed by atoms with Crippen molar-refractivity contribution in [3.05, 3.63) is 91.9 Å². The highest BCUT2D eigenvalue weighted by molar-refractivity contribution is 6.01. The lowest BCUT2D eigenvalue weighted by atomic mass is 9.74. The van der Waals surface area contributed by atoms with E-state index in [1.54, 1.807) is 30.8 Å². The standard InChI is InChI=1S/C20H16N4O4/c25-13-8-11(14-4-2-6-28-14)7-12-16(13)15(10-3-1-5-21-9-10)17-18(22-12)23-20(27)24-19(17)26/h1-6,9,11,15H,7-8H2,(H3,22,23,24,26,27)/t11-,15+/m1/s1. The highest BCUT2D eigenvalue weighted by Gasteiger charge is 2.40. The van der Waals surface area contributed by atoms with E-state index >= 15 is 0 Å². The van der Waals surface area contributed by atoms with Crippen LogP contribution in [0.5, 0.6) is 0 Å². The second-order valence-electron chi connectivity index (χ2n) is 6.98. The number of Topliss-reactive ketones (excluding diaryl/α,β-unsaturated/α-hetero) is 1. The molecule has 140 valence electrons. The monoisotopic (exact) mass is 376 g/mol. The minimum Gasteiger partial charge on any atom is -0.469 e. The molecule has 3 N–H and O–H groups in total. The van der Waals surface area contributed by atoms with E-state index in [1.165, 1.54) is 0 Å². The summed E-state index contributed by atoms with van der Waals surface area (Å²) in [5.41, 5.74) is 1.15. The van der Waals surface area contributed by atoms with Crippen LogP contribution in [-0.2, 0) is 4.79 Å². The van der Waals surface area contributed by atoms with Crippen molar-refractivity contribution in [1.29, 1.82) is 0 Å². The molecule has 3 aromatic heterocycles. The van der Waals surface area contributed by atoms with Gasteiger partial charge in [-0.1, -0.05) is 6.07 Å². The molecule has 0 unspecified atom stereocenters. The molecule has 3 aromatic rings. The van der Waals surface area contributed by atoms with E-state index in [0.29, 0.717) is 35.5 Å². The highest BCUT2D eigenvalue weighted by Crippen LogP contribution is 2.45. The summed E-state index contributed by atoms with van der Waals surface area (Å²) in [4.78, 5) is 46.7. The summed E-state index contributed by atoms with van der Waals surface area (Å²) in [7, 11) is 0. The van der Waals surface area contributed by atoms with Gasteiger partial charge in [-0.05, 0) is 30.2 Å². The van der Waals surface area contributed by atoms with Crippen LogP contribution in [0.3, 0.4) is 0 Å². The number of hydrogen-bond donors (Lipinski definition) is 3. The van der Waals surface area contributed by atoms with E-state index in [-0.39, 0.29) is 11.7 Å². The Bertz CT molecular complexity index is 1210. The number of allylic oxidation sites excluding steroid dienone is 2. The molecular formula is C20H16N4O4. The minimum atomic E-state index is -0.602. The molecule has 0 fully saturated rings. The van der Waals surface area contributed by atoms with Crippen LogP contribution >= 0.6 is 0 Å². The minimum absolute atomic E-state index is 0.0553. The van der Waals surface area contributed by atoms with Crippen molar-refractivity contribution in [2.75, 3.05) is 5.32 Å². The Morgan fingerprint density at radius 2 is 1.96 bits per heavy atom. The van der Waals surface area contributed by atoms with Gasteiger partial charge < -0.3 is 9.73 Å². The fraction of sp³-hybridized carbons (Fsp3) is 0.200. The third-order valence-corrected chi connectivity index (χ3v) is 5.30. The van der Waals surface area contributed by atoms with E-state index in [9.17, 15) is 14.4 Å². The Morgan fingerprint density at radius 1 is 1.07 bits per heavy atom. The maximum absolute atomic E-state index is 13.2. The number of hydrogen-bond acceptors (Lipinski definition) is 6. The molecule has 4 heterocycles. The van der Waals surface area contributed by atoms with Gasteiger partial charge in [0.2, 0.25) is 0 Å². The molecule has 28 heavy (non-hydrogen) atoms. The van der Waals surface area contributed by atoms with E-state index in [4.69, 9.17) is 4.42 Å². The van der Waals surface area contributed by atoms with Crippen molar-refractivity contribution in [2.45, 2.75) is 24.7 Å². The summed E-state index contributed by atoms with van der Waals surface area (Å²) < 4.78 is 5.49. The van der Waals surface area contributed by atoms with Gasteiger partial charge in [0.1, 0.15) is 11.6 Å². The summed E-state index contributed by atoms with van der Waals surface area (Å²) in [6.07, 6.45) is 5.69. The third kappa shape index (κ3) is 2.53. The van der Waals surface area contributed by atoms with Crippen molar-refractivity contribution >= 4 is 11.6 Å². The molecule has 0 radical (unpaired) electrons. The Kier molecular flexibility index (Phi) is 3.65.